The number of benzene rings is 1. The van der Waals surface area contributed by atoms with Crippen LogP contribution in [0.4, 0.5) is 13.2 Å². The van der Waals surface area contributed by atoms with Gasteiger partial charge in [0.15, 0.2) is 0 Å². The van der Waals surface area contributed by atoms with Crippen LogP contribution in [0.25, 0.3) is 0 Å². The number of halogens is 3. The predicted octanol–water partition coefficient (Wildman–Crippen LogP) is 2.93. The van der Waals surface area contributed by atoms with Crippen LogP contribution in [0.3, 0.4) is 0 Å². The van der Waals surface area contributed by atoms with Gasteiger partial charge in [0, 0.05) is 23.7 Å². The van der Waals surface area contributed by atoms with Crippen molar-refractivity contribution in [3.05, 3.63) is 30.3 Å². The van der Waals surface area contributed by atoms with Gasteiger partial charge in [0.2, 0.25) is 0 Å². The smallest absolute Gasteiger partial charge is 0.309 e. The lowest BCUT2D eigenvalue weighted by Crippen LogP contribution is -2.30. The highest BCUT2D eigenvalue weighted by molar-refractivity contribution is 7.99. The van der Waals surface area contributed by atoms with E-state index in [1.54, 1.807) is 11.8 Å². The summed E-state index contributed by atoms with van der Waals surface area (Å²) in [6.07, 6.45) is -3.48. The molecule has 1 N–H and O–H groups in total. The van der Waals surface area contributed by atoms with Crippen molar-refractivity contribution in [2.75, 3.05) is 31.9 Å². The standard InChI is InChI=1S/C13H18F3N2S/c14-13(15,16)11-18-8-4-7-17-9-10-19-12-5-2-1-3-6-12/h1-3,5-6,18H,4,7-11H2. The van der Waals surface area contributed by atoms with Crippen LogP contribution >= 0.6 is 11.8 Å². The molecule has 0 aliphatic heterocycles. The SMILES string of the molecule is FC(F)(F)CNCCC[N]CCSc1ccccc1. The Kier molecular flexibility index (Phi) is 7.93. The summed E-state index contributed by atoms with van der Waals surface area (Å²) < 4.78 is 35.4. The minimum Gasteiger partial charge on any atom is -0.309 e. The fourth-order valence-corrected chi connectivity index (χ4v) is 2.21. The average molecular weight is 291 g/mol. The van der Waals surface area contributed by atoms with Crippen LogP contribution in [0, 0.1) is 0 Å². The molecule has 0 saturated heterocycles. The van der Waals surface area contributed by atoms with E-state index in [1.807, 2.05) is 30.3 Å². The molecule has 1 radical (unpaired) electrons. The lowest BCUT2D eigenvalue weighted by atomic mass is 10.4. The van der Waals surface area contributed by atoms with Gasteiger partial charge in [-0.1, -0.05) is 18.2 Å². The topological polar surface area (TPSA) is 26.1 Å². The van der Waals surface area contributed by atoms with E-state index in [4.69, 9.17) is 0 Å². The summed E-state index contributed by atoms with van der Waals surface area (Å²) in [5.41, 5.74) is 0. The van der Waals surface area contributed by atoms with Crippen molar-refractivity contribution in [3.63, 3.8) is 0 Å². The van der Waals surface area contributed by atoms with Gasteiger partial charge in [-0.2, -0.15) is 13.2 Å². The van der Waals surface area contributed by atoms with Gasteiger partial charge in [0.25, 0.3) is 0 Å². The number of rotatable bonds is 9. The van der Waals surface area contributed by atoms with Gasteiger partial charge in [0.1, 0.15) is 0 Å². The maximum Gasteiger partial charge on any atom is 0.401 e. The highest BCUT2D eigenvalue weighted by Crippen LogP contribution is 2.15. The molecule has 0 amide bonds. The Morgan fingerprint density at radius 3 is 2.53 bits per heavy atom. The van der Waals surface area contributed by atoms with Gasteiger partial charge < -0.3 is 5.32 Å². The maximum atomic E-state index is 11.8. The molecule has 0 unspecified atom stereocenters. The average Bonchev–Trinajstić information content (AvgIpc) is 2.37. The van der Waals surface area contributed by atoms with Crippen LogP contribution in [0.5, 0.6) is 0 Å². The zero-order chi connectivity index (χ0) is 14.0. The van der Waals surface area contributed by atoms with Gasteiger partial charge in [-0.05, 0) is 25.1 Å². The lowest BCUT2D eigenvalue weighted by Gasteiger charge is -2.07. The Morgan fingerprint density at radius 1 is 1.11 bits per heavy atom. The first-order chi connectivity index (χ1) is 9.08. The molecule has 0 spiro atoms. The van der Waals surface area contributed by atoms with Gasteiger partial charge >= 0.3 is 6.18 Å². The van der Waals surface area contributed by atoms with E-state index in [0.717, 1.165) is 12.3 Å². The number of alkyl halides is 3. The molecule has 1 aromatic carbocycles. The van der Waals surface area contributed by atoms with Crippen LogP contribution in [0.1, 0.15) is 6.42 Å². The Balaban J connectivity index is 1.87. The third-order valence-corrected chi connectivity index (χ3v) is 3.25. The molecule has 1 aromatic rings. The summed E-state index contributed by atoms with van der Waals surface area (Å²) >= 11 is 1.73. The van der Waals surface area contributed by atoms with Gasteiger partial charge in [-0.25, -0.2) is 5.32 Å². The fraction of sp³-hybridized carbons (Fsp3) is 0.538. The monoisotopic (exact) mass is 291 g/mol. The zero-order valence-corrected chi connectivity index (χ0v) is 11.4. The normalized spacial score (nSPS) is 11.7. The van der Waals surface area contributed by atoms with Crippen molar-refractivity contribution >= 4 is 11.8 Å². The highest BCUT2D eigenvalue weighted by Gasteiger charge is 2.25. The molecule has 0 atom stereocenters. The minimum absolute atomic E-state index is 0.356. The third-order valence-electron chi connectivity index (χ3n) is 2.26. The second-order valence-electron chi connectivity index (χ2n) is 3.98. The molecule has 0 aliphatic carbocycles. The molecule has 0 fully saturated rings. The molecule has 2 nitrogen and oxygen atoms in total. The van der Waals surface area contributed by atoms with E-state index in [1.165, 1.54) is 4.90 Å². The van der Waals surface area contributed by atoms with Crippen molar-refractivity contribution in [1.29, 1.82) is 0 Å². The van der Waals surface area contributed by atoms with Crippen LogP contribution in [-0.4, -0.2) is 38.1 Å². The van der Waals surface area contributed by atoms with E-state index in [-0.39, 0.29) is 0 Å². The molecule has 0 bridgehead atoms. The second-order valence-corrected chi connectivity index (χ2v) is 5.15. The molecular formula is C13H18F3N2S. The van der Waals surface area contributed by atoms with Crippen molar-refractivity contribution < 1.29 is 13.2 Å². The minimum atomic E-state index is -4.12. The fourth-order valence-electron chi connectivity index (χ4n) is 1.40. The summed E-state index contributed by atoms with van der Waals surface area (Å²) in [6.45, 7) is 0.782. The Bertz CT molecular complexity index is 330. The summed E-state index contributed by atoms with van der Waals surface area (Å²) in [5, 5.41) is 6.63. The van der Waals surface area contributed by atoms with E-state index < -0.39 is 12.7 Å². The number of thioether (sulfide) groups is 1. The van der Waals surface area contributed by atoms with Crippen molar-refractivity contribution in [2.24, 2.45) is 0 Å². The number of hydrogen-bond acceptors (Lipinski definition) is 2. The molecular weight excluding hydrogens is 273 g/mol. The van der Waals surface area contributed by atoms with E-state index >= 15 is 0 Å². The predicted molar refractivity (Wildman–Crippen MR) is 72.6 cm³/mol. The summed E-state index contributed by atoms with van der Waals surface area (Å²) in [5.74, 6) is 0.903. The third kappa shape index (κ3) is 9.81. The first kappa shape index (κ1) is 16.3. The van der Waals surface area contributed by atoms with Gasteiger partial charge in [-0.3, -0.25) is 0 Å². The first-order valence-corrected chi connectivity index (χ1v) is 7.15. The second kappa shape index (κ2) is 9.23. The van der Waals surface area contributed by atoms with Crippen molar-refractivity contribution in [2.45, 2.75) is 17.5 Å². The van der Waals surface area contributed by atoms with Crippen LogP contribution < -0.4 is 10.6 Å². The van der Waals surface area contributed by atoms with Gasteiger partial charge in [-0.15, -0.1) is 11.8 Å². The summed E-state index contributed by atoms with van der Waals surface area (Å²) in [6, 6.07) is 10.1. The van der Waals surface area contributed by atoms with Crippen LogP contribution in [0.15, 0.2) is 35.2 Å². The van der Waals surface area contributed by atoms with E-state index in [0.29, 0.717) is 19.5 Å². The molecule has 19 heavy (non-hydrogen) atoms. The largest absolute Gasteiger partial charge is 0.401 e. The molecule has 107 valence electrons. The van der Waals surface area contributed by atoms with Crippen molar-refractivity contribution in [3.8, 4) is 0 Å². The zero-order valence-electron chi connectivity index (χ0n) is 10.6. The van der Waals surface area contributed by atoms with Crippen molar-refractivity contribution in [1.82, 2.24) is 10.6 Å². The quantitative estimate of drug-likeness (QED) is 0.559. The van der Waals surface area contributed by atoms with Crippen LogP contribution in [0.2, 0.25) is 0 Å². The highest BCUT2D eigenvalue weighted by atomic mass is 32.2. The molecule has 0 aliphatic rings. The number of nitrogens with one attached hydrogen (secondary N) is 1. The van der Waals surface area contributed by atoms with Gasteiger partial charge in [0.05, 0.1) is 6.54 Å². The number of hydrogen-bond donors (Lipinski definition) is 1. The molecule has 0 aromatic heterocycles. The Morgan fingerprint density at radius 2 is 1.84 bits per heavy atom. The van der Waals surface area contributed by atoms with Crippen LogP contribution in [-0.2, 0) is 0 Å². The summed E-state index contributed by atoms with van der Waals surface area (Å²) in [7, 11) is 0. The molecule has 0 saturated carbocycles. The Labute approximate surface area is 116 Å². The number of nitrogens with zero attached hydrogens (tertiary/aromatic N) is 1. The lowest BCUT2D eigenvalue weighted by molar-refractivity contribution is -0.124. The maximum absolute atomic E-state index is 11.8. The van der Waals surface area contributed by atoms with E-state index in [9.17, 15) is 13.2 Å². The Hall–Kier alpha value is -0.720. The summed E-state index contributed by atoms with van der Waals surface area (Å²) in [4.78, 5) is 1.21. The first-order valence-electron chi connectivity index (χ1n) is 6.16. The molecule has 1 rings (SSSR count). The molecule has 6 heteroatoms. The molecule has 0 heterocycles. The van der Waals surface area contributed by atoms with E-state index in [2.05, 4.69) is 10.6 Å².